The Labute approximate surface area is 127 Å². The molecule has 3 heterocycles. The molecule has 0 spiro atoms. The van der Waals surface area contributed by atoms with Gasteiger partial charge in [-0.1, -0.05) is 34.9 Å². The molecule has 0 saturated carbocycles. The lowest BCUT2D eigenvalue weighted by Crippen LogP contribution is -2.20. The van der Waals surface area contributed by atoms with Crippen molar-refractivity contribution in [2.75, 3.05) is 5.32 Å². The van der Waals surface area contributed by atoms with E-state index >= 15 is 0 Å². The summed E-state index contributed by atoms with van der Waals surface area (Å²) in [7, 11) is 0. The van der Waals surface area contributed by atoms with E-state index in [1.54, 1.807) is 10.9 Å². The van der Waals surface area contributed by atoms with Crippen molar-refractivity contribution in [1.82, 2.24) is 25.2 Å². The molecule has 1 aliphatic rings. The van der Waals surface area contributed by atoms with Gasteiger partial charge in [0.05, 0.1) is 0 Å². The zero-order valence-corrected chi connectivity index (χ0v) is 12.0. The van der Waals surface area contributed by atoms with Gasteiger partial charge in [-0.3, -0.25) is 4.98 Å². The summed E-state index contributed by atoms with van der Waals surface area (Å²) in [6.07, 6.45) is 5.70. The largest absolute Gasteiger partial charge is 0.323 e. The minimum atomic E-state index is -0.0398. The van der Waals surface area contributed by atoms with E-state index in [9.17, 15) is 0 Å². The van der Waals surface area contributed by atoms with Crippen LogP contribution in [-0.2, 0) is 0 Å². The quantitative estimate of drug-likeness (QED) is 0.785. The van der Waals surface area contributed by atoms with E-state index in [1.165, 1.54) is 5.56 Å². The maximum atomic E-state index is 4.17. The number of rotatable bonds is 2. The standard InChI is InChI=1S/C16H14N6/c1-11-4-6-12(7-5-11)15-9-14(13-3-2-8-17-10-13)18-16-19-20-21-22(15)16/h2-10,15H,1H3,(H,18,19,21). The number of aromatic nitrogens is 5. The first-order chi connectivity index (χ1) is 10.8. The van der Waals surface area contributed by atoms with Crippen molar-refractivity contribution in [3.63, 3.8) is 0 Å². The normalized spacial score (nSPS) is 16.6. The summed E-state index contributed by atoms with van der Waals surface area (Å²) in [5.74, 6) is 0.631. The molecule has 0 amide bonds. The Hall–Kier alpha value is -3.02. The van der Waals surface area contributed by atoms with Gasteiger partial charge in [0.15, 0.2) is 0 Å². The third-order valence-corrected chi connectivity index (χ3v) is 3.72. The number of aryl methyl sites for hydroxylation is 1. The molecule has 0 fully saturated rings. The molecule has 1 N–H and O–H groups in total. The first kappa shape index (κ1) is 12.7. The number of hydrogen-bond acceptors (Lipinski definition) is 5. The first-order valence-corrected chi connectivity index (χ1v) is 7.05. The fourth-order valence-electron chi connectivity index (χ4n) is 2.55. The Morgan fingerprint density at radius 2 is 2.00 bits per heavy atom. The fourth-order valence-corrected chi connectivity index (χ4v) is 2.55. The van der Waals surface area contributed by atoms with Gasteiger partial charge >= 0.3 is 0 Å². The van der Waals surface area contributed by atoms with Crippen LogP contribution < -0.4 is 5.32 Å². The van der Waals surface area contributed by atoms with Crippen LogP contribution in [0.3, 0.4) is 0 Å². The summed E-state index contributed by atoms with van der Waals surface area (Å²) in [6, 6.07) is 12.3. The second-order valence-corrected chi connectivity index (χ2v) is 5.25. The summed E-state index contributed by atoms with van der Waals surface area (Å²) in [4.78, 5) is 4.17. The molecule has 1 atom stereocenters. The van der Waals surface area contributed by atoms with E-state index in [4.69, 9.17) is 0 Å². The number of allylic oxidation sites excluding steroid dienone is 1. The van der Waals surface area contributed by atoms with Crippen LogP contribution in [0.2, 0.25) is 0 Å². The summed E-state index contributed by atoms with van der Waals surface area (Å²) >= 11 is 0. The minimum absolute atomic E-state index is 0.0398. The van der Waals surface area contributed by atoms with Crippen molar-refractivity contribution in [2.45, 2.75) is 13.0 Å². The van der Waals surface area contributed by atoms with Crippen LogP contribution in [0.5, 0.6) is 0 Å². The van der Waals surface area contributed by atoms with Gasteiger partial charge < -0.3 is 5.32 Å². The van der Waals surface area contributed by atoms with Crippen LogP contribution in [0.15, 0.2) is 54.9 Å². The number of nitrogens with one attached hydrogen (secondary N) is 1. The Morgan fingerprint density at radius 3 is 2.77 bits per heavy atom. The van der Waals surface area contributed by atoms with Crippen molar-refractivity contribution in [3.05, 3.63) is 71.6 Å². The maximum absolute atomic E-state index is 4.17. The predicted molar refractivity (Wildman–Crippen MR) is 83.0 cm³/mol. The van der Waals surface area contributed by atoms with Crippen molar-refractivity contribution in [3.8, 4) is 0 Å². The highest BCUT2D eigenvalue weighted by molar-refractivity contribution is 5.76. The Kier molecular flexibility index (Phi) is 2.93. The van der Waals surface area contributed by atoms with E-state index in [1.807, 2.05) is 18.3 Å². The summed E-state index contributed by atoms with van der Waals surface area (Å²) in [5, 5.41) is 15.2. The van der Waals surface area contributed by atoms with Crippen molar-refractivity contribution < 1.29 is 0 Å². The van der Waals surface area contributed by atoms with Crippen LogP contribution in [0.4, 0.5) is 5.95 Å². The van der Waals surface area contributed by atoms with E-state index in [0.29, 0.717) is 5.95 Å². The molecule has 0 radical (unpaired) electrons. The number of fused-ring (bicyclic) bond motifs is 1. The van der Waals surface area contributed by atoms with Gasteiger partial charge in [0.1, 0.15) is 6.04 Å². The molecular formula is C16H14N6. The molecule has 108 valence electrons. The molecule has 0 saturated heterocycles. The van der Waals surface area contributed by atoms with Gasteiger partial charge in [0.2, 0.25) is 5.95 Å². The summed E-state index contributed by atoms with van der Waals surface area (Å²) < 4.78 is 1.78. The molecule has 6 nitrogen and oxygen atoms in total. The monoisotopic (exact) mass is 290 g/mol. The van der Waals surface area contributed by atoms with Crippen LogP contribution in [-0.4, -0.2) is 25.2 Å². The lowest BCUT2D eigenvalue weighted by atomic mass is 10.0. The highest BCUT2D eigenvalue weighted by Gasteiger charge is 2.24. The lowest BCUT2D eigenvalue weighted by molar-refractivity contribution is 0.586. The second-order valence-electron chi connectivity index (χ2n) is 5.25. The SMILES string of the molecule is Cc1ccc(C2C=C(c3cccnc3)Nc3nnnn32)cc1. The van der Waals surface area contributed by atoms with Gasteiger partial charge in [0.25, 0.3) is 0 Å². The number of tetrazole rings is 1. The zero-order valence-electron chi connectivity index (χ0n) is 12.0. The van der Waals surface area contributed by atoms with Gasteiger partial charge in [0, 0.05) is 23.7 Å². The van der Waals surface area contributed by atoms with Crippen LogP contribution in [0.25, 0.3) is 5.70 Å². The molecule has 0 aliphatic carbocycles. The third kappa shape index (κ3) is 2.14. The third-order valence-electron chi connectivity index (χ3n) is 3.72. The van der Waals surface area contributed by atoms with E-state index < -0.39 is 0 Å². The highest BCUT2D eigenvalue weighted by Crippen LogP contribution is 2.31. The average molecular weight is 290 g/mol. The molecule has 1 aromatic carbocycles. The van der Waals surface area contributed by atoms with E-state index in [0.717, 1.165) is 16.8 Å². The molecule has 22 heavy (non-hydrogen) atoms. The molecule has 6 heteroatoms. The average Bonchev–Trinajstić information content (AvgIpc) is 3.04. The van der Waals surface area contributed by atoms with E-state index in [2.05, 4.69) is 63.1 Å². The van der Waals surface area contributed by atoms with Crippen LogP contribution in [0, 0.1) is 6.92 Å². The Bertz CT molecular complexity index is 819. The number of benzene rings is 1. The van der Waals surface area contributed by atoms with E-state index in [-0.39, 0.29) is 6.04 Å². The van der Waals surface area contributed by atoms with Gasteiger partial charge in [-0.2, -0.15) is 4.68 Å². The zero-order chi connectivity index (χ0) is 14.9. The van der Waals surface area contributed by atoms with Crippen LogP contribution in [0.1, 0.15) is 22.7 Å². The lowest BCUT2D eigenvalue weighted by Gasteiger charge is -2.23. The number of hydrogen-bond donors (Lipinski definition) is 1. The maximum Gasteiger partial charge on any atom is 0.248 e. The molecule has 2 aromatic heterocycles. The van der Waals surface area contributed by atoms with Gasteiger partial charge in [-0.15, -0.1) is 0 Å². The molecule has 1 unspecified atom stereocenters. The number of nitrogens with zero attached hydrogens (tertiary/aromatic N) is 5. The highest BCUT2D eigenvalue weighted by atomic mass is 15.6. The molecular weight excluding hydrogens is 276 g/mol. The number of pyridine rings is 1. The second kappa shape index (κ2) is 5.07. The van der Waals surface area contributed by atoms with Crippen molar-refractivity contribution in [2.24, 2.45) is 0 Å². The minimum Gasteiger partial charge on any atom is -0.323 e. The van der Waals surface area contributed by atoms with Crippen LogP contribution >= 0.6 is 0 Å². The van der Waals surface area contributed by atoms with Gasteiger partial charge in [-0.25, -0.2) is 0 Å². The van der Waals surface area contributed by atoms with Crippen molar-refractivity contribution >= 4 is 11.6 Å². The van der Waals surface area contributed by atoms with Gasteiger partial charge in [-0.05, 0) is 41.1 Å². The Morgan fingerprint density at radius 1 is 1.14 bits per heavy atom. The Balaban J connectivity index is 1.81. The molecule has 1 aliphatic heterocycles. The summed E-state index contributed by atoms with van der Waals surface area (Å²) in [5.41, 5.74) is 4.34. The smallest absolute Gasteiger partial charge is 0.248 e. The first-order valence-electron chi connectivity index (χ1n) is 7.05. The molecule has 4 rings (SSSR count). The predicted octanol–water partition coefficient (Wildman–Crippen LogP) is 2.43. The molecule has 0 bridgehead atoms. The summed E-state index contributed by atoms with van der Waals surface area (Å²) in [6.45, 7) is 2.07. The molecule has 3 aromatic rings. The number of anilines is 1. The fraction of sp³-hybridized carbons (Fsp3) is 0.125. The topological polar surface area (TPSA) is 68.5 Å². The van der Waals surface area contributed by atoms with Crippen molar-refractivity contribution in [1.29, 1.82) is 0 Å².